The Bertz CT molecular complexity index is 1350. The predicted molar refractivity (Wildman–Crippen MR) is 147 cm³/mol. The minimum Gasteiger partial charge on any atom is -0.389 e. The van der Waals surface area contributed by atoms with E-state index in [0.29, 0.717) is 36.5 Å². The molecule has 2 aromatic heterocycles. The number of hydrogen-bond donors (Lipinski definition) is 4. The minimum absolute atomic E-state index is 0.302. The number of benzene rings is 2. The van der Waals surface area contributed by atoms with E-state index < -0.39 is 22.8 Å². The molecule has 1 aliphatic heterocycles. The van der Waals surface area contributed by atoms with Crippen LogP contribution in [0.1, 0.15) is 16.5 Å². The lowest BCUT2D eigenvalue weighted by molar-refractivity contribution is -0.123. The smallest absolute Gasteiger partial charge is 0.235 e. The van der Waals surface area contributed by atoms with Crippen LogP contribution in [0.15, 0.2) is 67.3 Å². The molecule has 186 valence electrons. The Morgan fingerprint density at radius 1 is 1.03 bits per heavy atom. The van der Waals surface area contributed by atoms with Crippen LogP contribution in [0.4, 0.5) is 5.82 Å². The van der Waals surface area contributed by atoms with Gasteiger partial charge < -0.3 is 20.8 Å². The van der Waals surface area contributed by atoms with E-state index in [1.165, 1.54) is 18.1 Å². The first kappa shape index (κ1) is 24.9. The summed E-state index contributed by atoms with van der Waals surface area (Å²) in [4.78, 5) is 26.0. The van der Waals surface area contributed by atoms with Gasteiger partial charge in [0.05, 0.1) is 6.33 Å². The van der Waals surface area contributed by atoms with Crippen LogP contribution in [0.3, 0.4) is 0 Å². The van der Waals surface area contributed by atoms with E-state index in [2.05, 4.69) is 54.2 Å². The van der Waals surface area contributed by atoms with Crippen LogP contribution in [0, 0.1) is 3.57 Å². The Balaban J connectivity index is 1.27. The van der Waals surface area contributed by atoms with Crippen LogP contribution in [0.5, 0.6) is 0 Å². The second-order valence-corrected chi connectivity index (χ2v) is 11.0. The molecule has 4 aromatic rings. The molecular formula is C25H25IN6O3S. The molecule has 1 aliphatic rings. The lowest BCUT2D eigenvalue weighted by atomic mass is 10.1. The van der Waals surface area contributed by atoms with E-state index in [1.807, 2.05) is 48.5 Å². The summed E-state index contributed by atoms with van der Waals surface area (Å²) >= 11 is 3.47. The second kappa shape index (κ2) is 11.1. The van der Waals surface area contributed by atoms with E-state index in [9.17, 15) is 15.0 Å². The van der Waals surface area contributed by atoms with E-state index in [0.717, 1.165) is 14.7 Å². The number of nitrogens with one attached hydrogen (secondary N) is 2. The van der Waals surface area contributed by atoms with E-state index in [1.54, 1.807) is 10.9 Å². The number of rotatable bonds is 8. The molecule has 1 fully saturated rings. The van der Waals surface area contributed by atoms with E-state index >= 15 is 0 Å². The van der Waals surface area contributed by atoms with Crippen molar-refractivity contribution in [3.05, 3.63) is 81.9 Å². The maximum Gasteiger partial charge on any atom is 0.235 e. The maximum absolute atomic E-state index is 12.8. The average molecular weight is 616 g/mol. The van der Waals surface area contributed by atoms with Crippen molar-refractivity contribution < 1.29 is 15.0 Å². The molecule has 0 spiro atoms. The predicted octanol–water partition coefficient (Wildman–Crippen LogP) is 2.74. The van der Waals surface area contributed by atoms with Crippen molar-refractivity contribution in [2.75, 3.05) is 11.9 Å². The largest absolute Gasteiger partial charge is 0.389 e. The number of amides is 1. The number of nitrogens with zero attached hydrogens (tertiary/aromatic N) is 4. The number of thioether (sulfide) groups is 1. The molecule has 1 amide bonds. The zero-order chi connectivity index (χ0) is 25.1. The van der Waals surface area contributed by atoms with Gasteiger partial charge in [-0.05, 0) is 52.3 Å². The summed E-state index contributed by atoms with van der Waals surface area (Å²) in [6, 6.07) is 18.0. The number of carbonyl (C=O) groups excluding carboxylic acids is 1. The first-order valence-electron chi connectivity index (χ1n) is 11.5. The molecule has 5 rings (SSSR count). The highest BCUT2D eigenvalue weighted by Gasteiger charge is 2.47. The summed E-state index contributed by atoms with van der Waals surface area (Å²) in [5.41, 5.74) is 3.30. The summed E-state index contributed by atoms with van der Waals surface area (Å²) in [6.45, 7) is 1.02. The maximum atomic E-state index is 12.8. The molecule has 4 atom stereocenters. The third kappa shape index (κ3) is 5.33. The molecule has 0 unspecified atom stereocenters. The number of carbonyl (C=O) groups is 1. The zero-order valence-corrected chi connectivity index (χ0v) is 22.1. The van der Waals surface area contributed by atoms with Gasteiger partial charge in [0, 0.05) is 16.7 Å². The molecule has 11 heteroatoms. The van der Waals surface area contributed by atoms with Gasteiger partial charge in [-0.1, -0.05) is 42.5 Å². The minimum atomic E-state index is -1.21. The molecule has 9 nitrogen and oxygen atoms in total. The van der Waals surface area contributed by atoms with Crippen molar-refractivity contribution in [2.24, 2.45) is 0 Å². The monoisotopic (exact) mass is 616 g/mol. The fourth-order valence-electron chi connectivity index (χ4n) is 4.18. The Morgan fingerprint density at radius 3 is 2.64 bits per heavy atom. The highest BCUT2D eigenvalue weighted by atomic mass is 127. The lowest BCUT2D eigenvalue weighted by Crippen LogP contribution is -2.41. The van der Waals surface area contributed by atoms with E-state index in [4.69, 9.17) is 0 Å². The van der Waals surface area contributed by atoms with Crippen LogP contribution in [0.25, 0.3) is 11.2 Å². The first-order chi connectivity index (χ1) is 17.5. The summed E-state index contributed by atoms with van der Waals surface area (Å²) in [5.74, 6) is 0.273. The quantitative estimate of drug-likeness (QED) is 0.223. The standard InChI is InChI=1S/C25H25IN6O3S/c26-17-8-4-7-16(11-17)12-28-22-18-23(30-13-29-22)32(14-31-18)25-20(34)19(33)21(36-25)24(35)27-10-9-15-5-2-1-3-6-15/h1-8,11,13-14,19-21,25,33-34H,9-10,12H2,(H,27,35)(H,28,29,30)/t19-,20+,21-,25+/m0/s1. The average Bonchev–Trinajstić information content (AvgIpc) is 3.44. The summed E-state index contributed by atoms with van der Waals surface area (Å²) in [5, 5.41) is 26.2. The number of anilines is 1. The normalized spacial score (nSPS) is 21.5. The third-order valence-corrected chi connectivity index (χ3v) is 8.28. The molecule has 3 heterocycles. The van der Waals surface area contributed by atoms with E-state index in [-0.39, 0.29) is 5.91 Å². The number of imidazole rings is 1. The summed E-state index contributed by atoms with van der Waals surface area (Å²) in [7, 11) is 0. The second-order valence-electron chi connectivity index (χ2n) is 8.48. The van der Waals surface area contributed by atoms with Crippen molar-refractivity contribution in [2.45, 2.75) is 35.8 Å². The Labute approximate surface area is 225 Å². The number of halogens is 1. The van der Waals surface area contributed by atoms with Crippen LogP contribution >= 0.6 is 34.4 Å². The number of aliphatic hydroxyl groups is 2. The zero-order valence-electron chi connectivity index (χ0n) is 19.2. The molecule has 0 bridgehead atoms. The molecule has 0 radical (unpaired) electrons. The third-order valence-electron chi connectivity index (χ3n) is 6.03. The van der Waals surface area contributed by atoms with Gasteiger partial charge in [-0.15, -0.1) is 11.8 Å². The van der Waals surface area contributed by atoms with Gasteiger partial charge in [-0.25, -0.2) is 15.0 Å². The van der Waals surface area contributed by atoms with Gasteiger partial charge >= 0.3 is 0 Å². The van der Waals surface area contributed by atoms with Crippen LogP contribution in [-0.4, -0.2) is 59.6 Å². The fraction of sp³-hybridized carbons (Fsp3) is 0.280. The Kier molecular flexibility index (Phi) is 7.70. The molecule has 0 saturated carbocycles. The Hall–Kier alpha value is -2.74. The SMILES string of the molecule is O=C(NCCc1ccccc1)[C@H]1S[C@@H](n2cnc3c(NCc4cccc(I)c4)ncnc32)[C@H](O)[C@@H]1O. The van der Waals surface area contributed by atoms with Crippen molar-refractivity contribution in [1.82, 2.24) is 24.8 Å². The number of aliphatic hydroxyl groups excluding tert-OH is 2. The van der Waals surface area contributed by atoms with Gasteiger partial charge in [0.25, 0.3) is 0 Å². The van der Waals surface area contributed by atoms with Crippen molar-refractivity contribution in [1.29, 1.82) is 0 Å². The molecule has 4 N–H and O–H groups in total. The fourth-order valence-corrected chi connectivity index (χ4v) is 6.23. The van der Waals surface area contributed by atoms with Crippen LogP contribution in [-0.2, 0) is 17.8 Å². The van der Waals surface area contributed by atoms with Gasteiger partial charge in [0.2, 0.25) is 5.91 Å². The summed E-state index contributed by atoms with van der Waals surface area (Å²) < 4.78 is 2.84. The van der Waals surface area contributed by atoms with Crippen LogP contribution < -0.4 is 10.6 Å². The first-order valence-corrected chi connectivity index (χ1v) is 13.5. The van der Waals surface area contributed by atoms with Crippen LogP contribution in [0.2, 0.25) is 0 Å². The van der Waals surface area contributed by atoms with Crippen molar-refractivity contribution in [3.63, 3.8) is 0 Å². The highest BCUT2D eigenvalue weighted by Crippen LogP contribution is 2.43. The van der Waals surface area contributed by atoms with Gasteiger partial charge in [-0.2, -0.15) is 0 Å². The number of fused-ring (bicyclic) bond motifs is 1. The van der Waals surface area contributed by atoms with Gasteiger partial charge in [0.15, 0.2) is 11.5 Å². The number of hydrogen-bond acceptors (Lipinski definition) is 8. The molecule has 0 aliphatic carbocycles. The lowest BCUT2D eigenvalue weighted by Gasteiger charge is -2.17. The van der Waals surface area contributed by atoms with Crippen molar-refractivity contribution in [3.8, 4) is 0 Å². The van der Waals surface area contributed by atoms with Gasteiger partial charge in [-0.3, -0.25) is 9.36 Å². The van der Waals surface area contributed by atoms with Crippen molar-refractivity contribution >= 4 is 57.2 Å². The number of aromatic nitrogens is 4. The summed E-state index contributed by atoms with van der Waals surface area (Å²) in [6.07, 6.45) is 1.32. The Morgan fingerprint density at radius 2 is 1.83 bits per heavy atom. The molecular weight excluding hydrogens is 591 g/mol. The van der Waals surface area contributed by atoms with Gasteiger partial charge in [0.1, 0.15) is 34.7 Å². The molecule has 1 saturated heterocycles. The highest BCUT2D eigenvalue weighted by molar-refractivity contribution is 14.1. The topological polar surface area (TPSA) is 125 Å². The molecule has 2 aromatic carbocycles. The molecule has 36 heavy (non-hydrogen) atoms.